The lowest BCUT2D eigenvalue weighted by Gasteiger charge is -2.35. The van der Waals surface area contributed by atoms with Crippen LogP contribution in [-0.4, -0.2) is 56.5 Å². The van der Waals surface area contributed by atoms with Gasteiger partial charge in [-0.3, -0.25) is 14.4 Å². The zero-order valence-electron chi connectivity index (χ0n) is 14.7. The molecule has 0 radical (unpaired) electrons. The number of anilines is 1. The van der Waals surface area contributed by atoms with E-state index < -0.39 is 12.1 Å². The molecule has 0 spiro atoms. The van der Waals surface area contributed by atoms with E-state index in [4.69, 9.17) is 4.74 Å². The quantitative estimate of drug-likeness (QED) is 0.652. The third kappa shape index (κ3) is 4.62. The molecular formula is C17H24N4O4. The van der Waals surface area contributed by atoms with Crippen molar-refractivity contribution in [1.29, 1.82) is 0 Å². The minimum Gasteiger partial charge on any atom is -0.477 e. The summed E-state index contributed by atoms with van der Waals surface area (Å²) in [7, 11) is 1.54. The van der Waals surface area contributed by atoms with E-state index in [0.717, 1.165) is 5.69 Å². The van der Waals surface area contributed by atoms with Crippen LogP contribution >= 0.6 is 0 Å². The summed E-state index contributed by atoms with van der Waals surface area (Å²) in [5.74, 6) is -0.241. The maximum Gasteiger partial charge on any atom is 0.262 e. The van der Waals surface area contributed by atoms with Gasteiger partial charge < -0.3 is 25.6 Å². The molecule has 0 aliphatic carbocycles. The summed E-state index contributed by atoms with van der Waals surface area (Å²) in [6.45, 7) is 4.22. The first-order chi connectivity index (χ1) is 12.0. The van der Waals surface area contributed by atoms with Gasteiger partial charge >= 0.3 is 0 Å². The van der Waals surface area contributed by atoms with Gasteiger partial charge in [0.2, 0.25) is 11.8 Å². The molecule has 2 atom stereocenters. The number of fused-ring (bicyclic) bond motifs is 1. The molecule has 1 aliphatic rings. The number of carbonyl (C=O) groups excluding carboxylic acids is 3. The van der Waals surface area contributed by atoms with Gasteiger partial charge in [-0.05, 0) is 26.0 Å². The van der Waals surface area contributed by atoms with Crippen molar-refractivity contribution in [1.82, 2.24) is 16.0 Å². The van der Waals surface area contributed by atoms with Crippen LogP contribution in [0.4, 0.5) is 5.69 Å². The van der Waals surface area contributed by atoms with Crippen molar-refractivity contribution in [3.63, 3.8) is 0 Å². The summed E-state index contributed by atoms with van der Waals surface area (Å²) in [6, 6.07) is 6.60. The van der Waals surface area contributed by atoms with Crippen molar-refractivity contribution in [2.75, 3.05) is 31.6 Å². The maximum absolute atomic E-state index is 12.3. The van der Waals surface area contributed by atoms with Crippen molar-refractivity contribution in [2.24, 2.45) is 0 Å². The van der Waals surface area contributed by atoms with E-state index in [0.29, 0.717) is 12.3 Å². The SMILES string of the molecule is CCNC(=O)[C@@H](C)NC(=O)CN1C[C@H](C(=O)NC)Oc2ccccc21. The number of hydrogen-bond donors (Lipinski definition) is 3. The van der Waals surface area contributed by atoms with Crippen molar-refractivity contribution < 1.29 is 19.1 Å². The van der Waals surface area contributed by atoms with Gasteiger partial charge in [0.05, 0.1) is 18.8 Å². The van der Waals surface area contributed by atoms with E-state index in [1.165, 1.54) is 7.05 Å². The molecule has 0 unspecified atom stereocenters. The molecule has 1 aromatic rings. The van der Waals surface area contributed by atoms with Crippen LogP contribution in [0, 0.1) is 0 Å². The second kappa shape index (κ2) is 8.36. The average Bonchev–Trinajstić information content (AvgIpc) is 2.60. The highest BCUT2D eigenvalue weighted by Gasteiger charge is 2.31. The summed E-state index contributed by atoms with van der Waals surface area (Å²) in [4.78, 5) is 37.8. The van der Waals surface area contributed by atoms with Crippen LogP contribution in [0.25, 0.3) is 0 Å². The van der Waals surface area contributed by atoms with Crippen LogP contribution in [0.1, 0.15) is 13.8 Å². The number of amides is 3. The Balaban J connectivity index is 2.07. The Morgan fingerprint density at radius 3 is 2.72 bits per heavy atom. The summed E-state index contributed by atoms with van der Waals surface area (Å²) < 4.78 is 5.70. The van der Waals surface area contributed by atoms with Gasteiger partial charge in [-0.15, -0.1) is 0 Å². The molecule has 136 valence electrons. The Labute approximate surface area is 146 Å². The molecule has 3 N–H and O–H groups in total. The largest absolute Gasteiger partial charge is 0.477 e. The fourth-order valence-corrected chi connectivity index (χ4v) is 2.61. The highest BCUT2D eigenvalue weighted by molar-refractivity contribution is 5.90. The number of ether oxygens (including phenoxy) is 1. The van der Waals surface area contributed by atoms with Gasteiger partial charge in [0.25, 0.3) is 5.91 Å². The van der Waals surface area contributed by atoms with Crippen molar-refractivity contribution in [3.8, 4) is 5.75 Å². The zero-order valence-corrected chi connectivity index (χ0v) is 14.7. The molecule has 0 saturated heterocycles. The second-order valence-electron chi connectivity index (χ2n) is 5.75. The fourth-order valence-electron chi connectivity index (χ4n) is 2.61. The Kier molecular flexibility index (Phi) is 6.21. The van der Waals surface area contributed by atoms with Crippen LogP contribution in [0.15, 0.2) is 24.3 Å². The van der Waals surface area contributed by atoms with Crippen LogP contribution in [-0.2, 0) is 14.4 Å². The van der Waals surface area contributed by atoms with Gasteiger partial charge in [-0.2, -0.15) is 0 Å². The van der Waals surface area contributed by atoms with Gasteiger partial charge in [-0.25, -0.2) is 0 Å². The maximum atomic E-state index is 12.3. The number of para-hydroxylation sites is 2. The molecular weight excluding hydrogens is 324 g/mol. The van der Waals surface area contributed by atoms with Gasteiger partial charge in [0.15, 0.2) is 6.10 Å². The lowest BCUT2D eigenvalue weighted by molar-refractivity contribution is -0.128. The normalized spacial score (nSPS) is 16.9. The molecule has 1 heterocycles. The van der Waals surface area contributed by atoms with Crippen LogP contribution in [0.2, 0.25) is 0 Å². The van der Waals surface area contributed by atoms with Crippen molar-refractivity contribution in [2.45, 2.75) is 26.0 Å². The number of nitrogens with one attached hydrogen (secondary N) is 3. The Bertz CT molecular complexity index is 649. The van der Waals surface area contributed by atoms with E-state index in [1.807, 2.05) is 19.1 Å². The Morgan fingerprint density at radius 2 is 2.04 bits per heavy atom. The second-order valence-corrected chi connectivity index (χ2v) is 5.75. The number of hydrogen-bond acceptors (Lipinski definition) is 5. The third-order valence-electron chi connectivity index (χ3n) is 3.86. The molecule has 0 saturated carbocycles. The lowest BCUT2D eigenvalue weighted by Crippen LogP contribution is -2.52. The summed E-state index contributed by atoms with van der Waals surface area (Å²) >= 11 is 0. The van der Waals surface area contributed by atoms with Crippen LogP contribution < -0.4 is 25.6 Å². The van der Waals surface area contributed by atoms with E-state index in [1.54, 1.807) is 24.0 Å². The number of likely N-dealkylation sites (N-methyl/N-ethyl adjacent to an activating group) is 2. The van der Waals surface area contributed by atoms with Gasteiger partial charge in [0, 0.05) is 13.6 Å². The topological polar surface area (TPSA) is 99.8 Å². The molecule has 3 amide bonds. The lowest BCUT2D eigenvalue weighted by atomic mass is 10.1. The number of rotatable bonds is 6. The third-order valence-corrected chi connectivity index (χ3v) is 3.86. The minimum absolute atomic E-state index is 0.0254. The summed E-state index contributed by atoms with van der Waals surface area (Å²) in [6.07, 6.45) is -0.700. The van der Waals surface area contributed by atoms with Gasteiger partial charge in [0.1, 0.15) is 11.8 Å². The number of benzene rings is 1. The van der Waals surface area contributed by atoms with E-state index >= 15 is 0 Å². The van der Waals surface area contributed by atoms with Crippen molar-refractivity contribution >= 4 is 23.4 Å². The molecule has 25 heavy (non-hydrogen) atoms. The van der Waals surface area contributed by atoms with Crippen molar-refractivity contribution in [3.05, 3.63) is 24.3 Å². The molecule has 1 aromatic carbocycles. The Morgan fingerprint density at radius 1 is 1.32 bits per heavy atom. The van der Waals surface area contributed by atoms with Crippen LogP contribution in [0.3, 0.4) is 0 Å². The highest BCUT2D eigenvalue weighted by Crippen LogP contribution is 2.32. The molecule has 8 nitrogen and oxygen atoms in total. The first kappa shape index (κ1) is 18.6. The smallest absolute Gasteiger partial charge is 0.262 e. The molecule has 0 bridgehead atoms. The monoisotopic (exact) mass is 348 g/mol. The number of carbonyl (C=O) groups is 3. The molecule has 0 fully saturated rings. The predicted octanol–water partition coefficient (Wildman–Crippen LogP) is -0.359. The van der Waals surface area contributed by atoms with E-state index in [2.05, 4.69) is 16.0 Å². The first-order valence-corrected chi connectivity index (χ1v) is 8.25. The fraction of sp³-hybridized carbons (Fsp3) is 0.471. The standard InChI is InChI=1S/C17H24N4O4/c1-4-19-16(23)11(2)20-15(22)10-21-9-14(17(24)18-3)25-13-8-6-5-7-12(13)21/h5-8,11,14H,4,9-10H2,1-3H3,(H,18,24)(H,19,23)(H,20,22)/t11-,14-/m1/s1. The molecule has 0 aromatic heterocycles. The van der Waals surface area contributed by atoms with Crippen LogP contribution in [0.5, 0.6) is 5.75 Å². The molecule has 8 heteroatoms. The van der Waals surface area contributed by atoms with E-state index in [9.17, 15) is 14.4 Å². The van der Waals surface area contributed by atoms with Gasteiger partial charge in [-0.1, -0.05) is 12.1 Å². The summed E-state index contributed by atoms with van der Waals surface area (Å²) in [5, 5.41) is 7.88. The molecule has 2 rings (SSSR count). The first-order valence-electron chi connectivity index (χ1n) is 8.25. The van der Waals surface area contributed by atoms with E-state index in [-0.39, 0.29) is 30.8 Å². The zero-order chi connectivity index (χ0) is 18.4. The number of nitrogens with zero attached hydrogens (tertiary/aromatic N) is 1. The predicted molar refractivity (Wildman–Crippen MR) is 93.4 cm³/mol. The summed E-state index contributed by atoms with van der Waals surface area (Å²) in [5.41, 5.74) is 0.739. The molecule has 1 aliphatic heterocycles. The average molecular weight is 348 g/mol. The Hall–Kier alpha value is -2.77. The minimum atomic E-state index is -0.700. The highest BCUT2D eigenvalue weighted by atomic mass is 16.5.